The van der Waals surface area contributed by atoms with Crippen molar-refractivity contribution in [1.82, 2.24) is 4.98 Å². The Labute approximate surface area is 125 Å². The molecule has 5 nitrogen and oxygen atoms in total. The molecular formula is C16H23N3O2. The van der Waals surface area contributed by atoms with Crippen LogP contribution < -0.4 is 10.6 Å². The Kier molecular flexibility index (Phi) is 5.36. The van der Waals surface area contributed by atoms with E-state index in [9.17, 15) is 0 Å². The maximum Gasteiger partial charge on any atom is 0.0663 e. The van der Waals surface area contributed by atoms with Crippen LogP contribution in [-0.2, 0) is 9.47 Å². The predicted octanol–water partition coefficient (Wildman–Crippen LogP) is 2.30. The normalized spacial score (nSPS) is 12.5. The molecule has 0 aliphatic heterocycles. The van der Waals surface area contributed by atoms with Crippen molar-refractivity contribution in [2.24, 2.45) is 0 Å². The Bertz CT molecular complexity index is 589. The number of nitrogens with two attached hydrogens (primary N) is 1. The second kappa shape index (κ2) is 7.24. The molecule has 1 atom stereocenters. The lowest BCUT2D eigenvalue weighted by molar-refractivity contribution is 0.171. The summed E-state index contributed by atoms with van der Waals surface area (Å²) in [6.07, 6.45) is 3.63. The number of hydrogen-bond donors (Lipinski definition) is 1. The number of anilines is 2. The molecule has 21 heavy (non-hydrogen) atoms. The van der Waals surface area contributed by atoms with E-state index in [2.05, 4.69) is 16.8 Å². The first-order valence-corrected chi connectivity index (χ1v) is 7.05. The zero-order chi connectivity index (χ0) is 15.2. The largest absolute Gasteiger partial charge is 0.398 e. The molecule has 2 aromatic rings. The number of aromatic nitrogens is 1. The average molecular weight is 289 g/mol. The van der Waals surface area contributed by atoms with Gasteiger partial charge in [0.25, 0.3) is 0 Å². The van der Waals surface area contributed by atoms with Gasteiger partial charge in [0.2, 0.25) is 0 Å². The molecule has 0 aliphatic rings. The van der Waals surface area contributed by atoms with Gasteiger partial charge in [-0.1, -0.05) is 0 Å². The summed E-state index contributed by atoms with van der Waals surface area (Å²) in [6.45, 7) is 4.22. The molecule has 2 N–H and O–H groups in total. The third-order valence-corrected chi connectivity index (χ3v) is 3.61. The highest BCUT2D eigenvalue weighted by molar-refractivity contribution is 6.00. The molecule has 0 radical (unpaired) electrons. The second-order valence-electron chi connectivity index (χ2n) is 5.09. The Hall–Kier alpha value is -1.85. The van der Waals surface area contributed by atoms with Crippen molar-refractivity contribution in [2.75, 3.05) is 44.6 Å². The molecule has 0 aliphatic carbocycles. The average Bonchev–Trinajstić information content (AvgIpc) is 2.50. The van der Waals surface area contributed by atoms with Crippen LogP contribution in [0.2, 0.25) is 0 Å². The molecule has 1 aromatic carbocycles. The molecule has 0 saturated carbocycles. The van der Waals surface area contributed by atoms with Crippen LogP contribution in [0.15, 0.2) is 30.6 Å². The van der Waals surface area contributed by atoms with E-state index in [1.54, 1.807) is 20.4 Å². The van der Waals surface area contributed by atoms with Crippen LogP contribution in [-0.4, -0.2) is 45.0 Å². The van der Waals surface area contributed by atoms with Crippen LogP contribution in [0.1, 0.15) is 6.92 Å². The lowest BCUT2D eigenvalue weighted by Gasteiger charge is -2.32. The van der Waals surface area contributed by atoms with E-state index < -0.39 is 0 Å². The molecule has 114 valence electrons. The van der Waals surface area contributed by atoms with Crippen molar-refractivity contribution >= 4 is 22.1 Å². The first-order valence-electron chi connectivity index (χ1n) is 7.05. The number of hydrogen-bond acceptors (Lipinski definition) is 5. The minimum atomic E-state index is 0.234. The van der Waals surface area contributed by atoms with Gasteiger partial charge in [-0.25, -0.2) is 0 Å². The van der Waals surface area contributed by atoms with Crippen molar-refractivity contribution in [3.63, 3.8) is 0 Å². The first-order chi connectivity index (χ1) is 10.2. The lowest BCUT2D eigenvalue weighted by Crippen LogP contribution is -2.38. The number of rotatable bonds is 7. The fourth-order valence-electron chi connectivity index (χ4n) is 2.55. The predicted molar refractivity (Wildman–Crippen MR) is 86.7 cm³/mol. The monoisotopic (exact) mass is 289 g/mol. The van der Waals surface area contributed by atoms with Gasteiger partial charge in [0.05, 0.1) is 13.2 Å². The molecule has 1 heterocycles. The number of fused-ring (bicyclic) bond motifs is 1. The fourth-order valence-corrected chi connectivity index (χ4v) is 2.55. The van der Waals surface area contributed by atoms with Crippen molar-refractivity contribution in [3.05, 3.63) is 30.6 Å². The number of ether oxygens (including phenoxy) is 2. The van der Waals surface area contributed by atoms with Crippen molar-refractivity contribution in [1.29, 1.82) is 0 Å². The minimum absolute atomic E-state index is 0.234. The summed E-state index contributed by atoms with van der Waals surface area (Å²) in [5, 5.41) is 2.08. The summed E-state index contributed by atoms with van der Waals surface area (Å²) in [6, 6.07) is 6.17. The van der Waals surface area contributed by atoms with E-state index in [0.29, 0.717) is 13.2 Å². The van der Waals surface area contributed by atoms with Gasteiger partial charge in [-0.05, 0) is 25.1 Å². The van der Waals surface area contributed by atoms with Gasteiger partial charge in [-0.15, -0.1) is 0 Å². The van der Waals surface area contributed by atoms with Gasteiger partial charge in [0.15, 0.2) is 0 Å². The Balaban J connectivity index is 2.46. The smallest absolute Gasteiger partial charge is 0.0663 e. The quantitative estimate of drug-likeness (QED) is 0.793. The number of benzene rings is 1. The molecule has 0 bridgehead atoms. The molecule has 1 unspecified atom stereocenters. The number of methoxy groups -OCH3 is 2. The van der Waals surface area contributed by atoms with E-state index in [-0.39, 0.29) is 6.04 Å². The van der Waals surface area contributed by atoms with E-state index >= 15 is 0 Å². The van der Waals surface area contributed by atoms with E-state index in [4.69, 9.17) is 15.2 Å². The van der Waals surface area contributed by atoms with Crippen LogP contribution in [0, 0.1) is 0 Å². The zero-order valence-electron chi connectivity index (χ0n) is 12.9. The van der Waals surface area contributed by atoms with Crippen LogP contribution in [0.5, 0.6) is 0 Å². The standard InChI is InChI=1S/C16H23N3O2/c1-12(11-21-3)19(8-9-20-2)16-5-4-15(17)13-6-7-18-10-14(13)16/h4-7,10,12H,8-9,11,17H2,1-3H3. The summed E-state index contributed by atoms with van der Waals surface area (Å²) in [7, 11) is 3.43. The van der Waals surface area contributed by atoms with Gasteiger partial charge >= 0.3 is 0 Å². The summed E-state index contributed by atoms with van der Waals surface area (Å²) in [4.78, 5) is 6.51. The number of nitrogen functional groups attached to an aromatic ring is 1. The Morgan fingerprint density at radius 3 is 2.71 bits per heavy atom. The van der Waals surface area contributed by atoms with E-state index in [1.165, 1.54) is 0 Å². The van der Waals surface area contributed by atoms with Crippen molar-refractivity contribution < 1.29 is 9.47 Å². The molecule has 0 saturated heterocycles. The van der Waals surface area contributed by atoms with Crippen LogP contribution in [0.4, 0.5) is 11.4 Å². The van der Waals surface area contributed by atoms with Gasteiger partial charge in [-0.3, -0.25) is 4.98 Å². The van der Waals surface area contributed by atoms with E-state index in [1.807, 2.05) is 24.4 Å². The van der Waals surface area contributed by atoms with Gasteiger partial charge in [0, 0.05) is 61.3 Å². The lowest BCUT2D eigenvalue weighted by atomic mass is 10.1. The number of nitrogens with zero attached hydrogens (tertiary/aromatic N) is 2. The molecule has 0 amide bonds. The fraction of sp³-hybridized carbons (Fsp3) is 0.438. The summed E-state index contributed by atoms with van der Waals surface area (Å²) in [5.41, 5.74) is 7.94. The summed E-state index contributed by atoms with van der Waals surface area (Å²) < 4.78 is 10.5. The van der Waals surface area contributed by atoms with Crippen LogP contribution in [0.3, 0.4) is 0 Å². The highest BCUT2D eigenvalue weighted by atomic mass is 16.5. The topological polar surface area (TPSA) is 60.6 Å². The summed E-state index contributed by atoms with van der Waals surface area (Å²) >= 11 is 0. The Morgan fingerprint density at radius 1 is 1.19 bits per heavy atom. The molecule has 0 fully saturated rings. The molecule has 0 spiro atoms. The SMILES string of the molecule is COCCN(c1ccc(N)c2ccncc12)C(C)COC. The minimum Gasteiger partial charge on any atom is -0.398 e. The zero-order valence-corrected chi connectivity index (χ0v) is 12.9. The highest BCUT2D eigenvalue weighted by Gasteiger charge is 2.17. The third-order valence-electron chi connectivity index (χ3n) is 3.61. The first kappa shape index (κ1) is 15.5. The van der Waals surface area contributed by atoms with Gasteiger partial charge in [0.1, 0.15) is 0 Å². The maximum atomic E-state index is 6.06. The third kappa shape index (κ3) is 3.43. The van der Waals surface area contributed by atoms with Crippen molar-refractivity contribution in [2.45, 2.75) is 13.0 Å². The second-order valence-corrected chi connectivity index (χ2v) is 5.09. The highest BCUT2D eigenvalue weighted by Crippen LogP contribution is 2.31. The molecule has 1 aromatic heterocycles. The van der Waals surface area contributed by atoms with E-state index in [0.717, 1.165) is 28.7 Å². The maximum absolute atomic E-state index is 6.06. The van der Waals surface area contributed by atoms with Crippen LogP contribution in [0.25, 0.3) is 10.8 Å². The van der Waals surface area contributed by atoms with Crippen molar-refractivity contribution in [3.8, 4) is 0 Å². The molecular weight excluding hydrogens is 266 g/mol. The van der Waals surface area contributed by atoms with Crippen LogP contribution >= 0.6 is 0 Å². The van der Waals surface area contributed by atoms with Gasteiger partial charge < -0.3 is 20.1 Å². The Morgan fingerprint density at radius 2 is 2.00 bits per heavy atom. The number of pyridine rings is 1. The molecule has 2 rings (SSSR count). The molecule has 5 heteroatoms. The van der Waals surface area contributed by atoms with Gasteiger partial charge in [-0.2, -0.15) is 0 Å². The summed E-state index contributed by atoms with van der Waals surface area (Å²) in [5.74, 6) is 0.